The molecule has 2 unspecified atom stereocenters. The molecule has 0 radical (unpaired) electrons. The largest absolute Gasteiger partial charge is 0.496 e. The van der Waals surface area contributed by atoms with Gasteiger partial charge >= 0.3 is 0 Å². The van der Waals surface area contributed by atoms with E-state index in [0.717, 1.165) is 21.9 Å². The van der Waals surface area contributed by atoms with E-state index < -0.39 is 21.2 Å². The van der Waals surface area contributed by atoms with Gasteiger partial charge in [0.05, 0.1) is 18.5 Å². The van der Waals surface area contributed by atoms with Crippen LogP contribution >= 0.6 is 15.9 Å². The number of hydrogen-bond acceptors (Lipinski definition) is 4. The summed E-state index contributed by atoms with van der Waals surface area (Å²) in [5, 5.41) is 9.49. The Hall–Kier alpha value is -0.590. The Labute approximate surface area is 122 Å². The molecule has 0 heterocycles. The van der Waals surface area contributed by atoms with Gasteiger partial charge in [0.1, 0.15) is 5.75 Å². The van der Waals surface area contributed by atoms with E-state index in [1.807, 2.05) is 19.9 Å². The first-order chi connectivity index (χ1) is 8.61. The molecule has 0 spiro atoms. The van der Waals surface area contributed by atoms with Gasteiger partial charge in [-0.15, -0.1) is 0 Å². The average Bonchev–Trinajstić information content (AvgIpc) is 2.30. The quantitative estimate of drug-likeness (QED) is 0.906. The summed E-state index contributed by atoms with van der Waals surface area (Å²) in [6.45, 7) is 5.17. The first-order valence-corrected chi connectivity index (χ1v) is 8.56. The van der Waals surface area contributed by atoms with Gasteiger partial charge in [-0.2, -0.15) is 0 Å². The first kappa shape index (κ1) is 16.5. The predicted octanol–water partition coefficient (Wildman–Crippen LogP) is 2.54. The number of halogens is 1. The zero-order valence-corrected chi connectivity index (χ0v) is 14.1. The number of ether oxygens (including phenoxy) is 1. The molecule has 1 rings (SSSR count). The van der Waals surface area contributed by atoms with E-state index in [-0.39, 0.29) is 0 Å². The van der Waals surface area contributed by atoms with Crippen LogP contribution in [0.4, 0.5) is 0 Å². The molecule has 0 aliphatic rings. The zero-order valence-electron chi connectivity index (χ0n) is 11.7. The van der Waals surface area contributed by atoms with Gasteiger partial charge in [0, 0.05) is 16.3 Å². The van der Waals surface area contributed by atoms with Crippen LogP contribution in [0.5, 0.6) is 5.75 Å². The Morgan fingerprint density at radius 1 is 1.37 bits per heavy atom. The number of hydrogen-bond donors (Lipinski definition) is 1. The van der Waals surface area contributed by atoms with Gasteiger partial charge in [-0.3, -0.25) is 0 Å². The van der Waals surface area contributed by atoms with Crippen molar-refractivity contribution >= 4 is 25.8 Å². The smallest absolute Gasteiger partial charge is 0.152 e. The third-order valence-electron chi connectivity index (χ3n) is 3.33. The fraction of sp³-hybridized carbons (Fsp3) is 0.538. The Morgan fingerprint density at radius 2 is 1.89 bits per heavy atom. The normalized spacial score (nSPS) is 15.1. The van der Waals surface area contributed by atoms with Crippen molar-refractivity contribution in [3.63, 3.8) is 0 Å². The number of benzene rings is 1. The lowest BCUT2D eigenvalue weighted by atomic mass is 9.97. The standard InChI is InChI=1S/C13H19BrO4S/c1-7-6-10(14)8(2)11(13(7)18-4)12(15)9(3)19(5,16)17/h6,9,12,15H,1-5H3. The summed E-state index contributed by atoms with van der Waals surface area (Å²) in [5.41, 5.74) is 2.15. The highest BCUT2D eigenvalue weighted by molar-refractivity contribution is 9.10. The minimum absolute atomic E-state index is 0.521. The minimum atomic E-state index is -3.34. The summed E-state index contributed by atoms with van der Waals surface area (Å²) in [7, 11) is -1.83. The Bertz CT molecular complexity index is 581. The summed E-state index contributed by atoms with van der Waals surface area (Å²) in [4.78, 5) is 0. The molecule has 0 saturated carbocycles. The van der Waals surface area contributed by atoms with Crippen molar-refractivity contribution in [2.24, 2.45) is 0 Å². The highest BCUT2D eigenvalue weighted by Crippen LogP contribution is 2.38. The second-order valence-corrected chi connectivity index (χ2v) is 7.98. The fourth-order valence-corrected chi connectivity index (χ4v) is 3.13. The lowest BCUT2D eigenvalue weighted by molar-refractivity contribution is 0.171. The maximum absolute atomic E-state index is 11.6. The molecule has 0 aliphatic heterocycles. The van der Waals surface area contributed by atoms with E-state index in [0.29, 0.717) is 11.3 Å². The van der Waals surface area contributed by atoms with Crippen molar-refractivity contribution in [3.8, 4) is 5.75 Å². The summed E-state index contributed by atoms with van der Waals surface area (Å²) >= 11 is 3.41. The van der Waals surface area contributed by atoms with Crippen LogP contribution in [-0.4, -0.2) is 32.1 Å². The van der Waals surface area contributed by atoms with Crippen LogP contribution in [0.15, 0.2) is 10.5 Å². The Balaban J connectivity index is 3.49. The molecule has 0 aromatic heterocycles. The van der Waals surface area contributed by atoms with Gasteiger partial charge < -0.3 is 9.84 Å². The third-order valence-corrected chi connectivity index (χ3v) is 5.76. The van der Waals surface area contributed by atoms with Crippen LogP contribution in [-0.2, 0) is 9.84 Å². The van der Waals surface area contributed by atoms with E-state index in [4.69, 9.17) is 4.74 Å². The summed E-state index contributed by atoms with van der Waals surface area (Å²) in [6.07, 6.45) is -0.00535. The maximum Gasteiger partial charge on any atom is 0.152 e. The molecule has 0 saturated heterocycles. The zero-order chi connectivity index (χ0) is 15.0. The maximum atomic E-state index is 11.6. The van der Waals surface area contributed by atoms with E-state index in [2.05, 4.69) is 15.9 Å². The molecule has 2 atom stereocenters. The van der Waals surface area contributed by atoms with E-state index in [1.165, 1.54) is 14.0 Å². The van der Waals surface area contributed by atoms with Crippen molar-refractivity contribution < 1.29 is 18.3 Å². The van der Waals surface area contributed by atoms with Gasteiger partial charge in [-0.1, -0.05) is 15.9 Å². The molecule has 6 heteroatoms. The highest BCUT2D eigenvalue weighted by atomic mass is 79.9. The molecule has 1 aromatic carbocycles. The van der Waals surface area contributed by atoms with E-state index in [1.54, 1.807) is 0 Å². The van der Waals surface area contributed by atoms with E-state index >= 15 is 0 Å². The second kappa shape index (κ2) is 5.81. The molecule has 0 fully saturated rings. The third kappa shape index (κ3) is 3.30. The lowest BCUT2D eigenvalue weighted by Crippen LogP contribution is -2.25. The molecule has 19 heavy (non-hydrogen) atoms. The molecule has 4 nitrogen and oxygen atoms in total. The topological polar surface area (TPSA) is 63.6 Å². The highest BCUT2D eigenvalue weighted by Gasteiger charge is 2.30. The first-order valence-electron chi connectivity index (χ1n) is 5.81. The monoisotopic (exact) mass is 350 g/mol. The van der Waals surface area contributed by atoms with Crippen LogP contribution in [0.25, 0.3) is 0 Å². The summed E-state index contributed by atoms with van der Waals surface area (Å²) in [6, 6.07) is 1.88. The van der Waals surface area contributed by atoms with Crippen LogP contribution in [0.1, 0.15) is 29.7 Å². The molecule has 108 valence electrons. The van der Waals surface area contributed by atoms with Gasteiger partial charge in [0.25, 0.3) is 0 Å². The van der Waals surface area contributed by atoms with Crippen molar-refractivity contribution in [1.29, 1.82) is 0 Å². The SMILES string of the molecule is COc1c(C)cc(Br)c(C)c1C(O)C(C)S(C)(=O)=O. The van der Waals surface area contributed by atoms with Crippen LogP contribution in [0, 0.1) is 13.8 Å². The molecule has 0 bridgehead atoms. The predicted molar refractivity (Wildman–Crippen MR) is 79.4 cm³/mol. The van der Waals surface area contributed by atoms with Gasteiger partial charge in [0.2, 0.25) is 0 Å². The molecule has 1 N–H and O–H groups in total. The molecule has 0 aliphatic carbocycles. The van der Waals surface area contributed by atoms with Crippen molar-refractivity contribution in [3.05, 3.63) is 27.2 Å². The Kier molecular flexibility index (Phi) is 5.03. The number of aliphatic hydroxyl groups is 1. The second-order valence-electron chi connectivity index (χ2n) is 4.73. The summed E-state index contributed by atoms with van der Waals surface area (Å²) in [5.74, 6) is 0.531. The number of rotatable bonds is 4. The average molecular weight is 351 g/mol. The van der Waals surface area contributed by atoms with Crippen molar-refractivity contribution in [2.45, 2.75) is 32.1 Å². The fourth-order valence-electron chi connectivity index (χ4n) is 1.97. The lowest BCUT2D eigenvalue weighted by Gasteiger charge is -2.23. The number of aliphatic hydroxyl groups excluding tert-OH is 1. The number of sulfone groups is 1. The van der Waals surface area contributed by atoms with Gasteiger partial charge in [0.15, 0.2) is 9.84 Å². The van der Waals surface area contributed by atoms with Gasteiger partial charge in [-0.05, 0) is 38.0 Å². The van der Waals surface area contributed by atoms with Crippen LogP contribution in [0.3, 0.4) is 0 Å². The molecular formula is C13H19BrO4S. The van der Waals surface area contributed by atoms with Crippen molar-refractivity contribution in [2.75, 3.05) is 13.4 Å². The Morgan fingerprint density at radius 3 is 2.32 bits per heavy atom. The van der Waals surface area contributed by atoms with Crippen molar-refractivity contribution in [1.82, 2.24) is 0 Å². The molecule has 0 amide bonds. The summed E-state index contributed by atoms with van der Waals surface area (Å²) < 4.78 is 29.4. The van der Waals surface area contributed by atoms with Crippen LogP contribution < -0.4 is 4.74 Å². The van der Waals surface area contributed by atoms with Gasteiger partial charge in [-0.25, -0.2) is 8.42 Å². The van der Waals surface area contributed by atoms with Crippen LogP contribution in [0.2, 0.25) is 0 Å². The van der Waals surface area contributed by atoms with E-state index in [9.17, 15) is 13.5 Å². The minimum Gasteiger partial charge on any atom is -0.496 e. The molecular weight excluding hydrogens is 332 g/mol. The molecule has 1 aromatic rings. The number of aryl methyl sites for hydroxylation is 1. The number of methoxy groups -OCH3 is 1.